The number of methoxy groups -OCH3 is 1. The summed E-state index contributed by atoms with van der Waals surface area (Å²) in [6, 6.07) is 5.80. The second-order valence-electron chi connectivity index (χ2n) is 3.63. The van der Waals surface area contributed by atoms with Crippen LogP contribution in [0, 0.1) is 0 Å². The van der Waals surface area contributed by atoms with E-state index in [0.717, 1.165) is 22.9 Å². The van der Waals surface area contributed by atoms with Crippen LogP contribution in [0.3, 0.4) is 0 Å². The molecule has 1 heterocycles. The molecule has 5 heteroatoms. The Hall–Kier alpha value is -1.75. The van der Waals surface area contributed by atoms with E-state index in [1.165, 1.54) is 0 Å². The van der Waals surface area contributed by atoms with Crippen molar-refractivity contribution in [3.8, 4) is 11.5 Å². The summed E-state index contributed by atoms with van der Waals surface area (Å²) in [5.74, 6) is 1.50. The Morgan fingerprint density at radius 1 is 1.33 bits per heavy atom. The second-order valence-corrected chi connectivity index (χ2v) is 4.35. The van der Waals surface area contributed by atoms with Gasteiger partial charge in [0, 0.05) is 17.1 Å². The van der Waals surface area contributed by atoms with Gasteiger partial charge in [0.2, 0.25) is 0 Å². The fraction of sp³-hybridized carbons (Fsp3) is 0.308. The quantitative estimate of drug-likeness (QED) is 0.870. The first-order chi connectivity index (χ1) is 8.83. The average Bonchev–Trinajstić information content (AvgIpc) is 2.90. The first-order valence-corrected chi connectivity index (χ1v) is 6.69. The second kappa shape index (κ2) is 6.26. The molecule has 0 unspecified atom stereocenters. The Labute approximate surface area is 111 Å². The molecule has 1 aromatic carbocycles. The lowest BCUT2D eigenvalue weighted by Crippen LogP contribution is -2.01. The number of hydrogen-bond donors (Lipinski definition) is 1. The van der Waals surface area contributed by atoms with Gasteiger partial charge in [0.25, 0.3) is 0 Å². The van der Waals surface area contributed by atoms with Gasteiger partial charge in [-0.05, 0) is 19.1 Å². The number of hydrogen-bond acceptors (Lipinski definition) is 5. The largest absolute Gasteiger partial charge is 0.493 e. The van der Waals surface area contributed by atoms with E-state index >= 15 is 0 Å². The molecular formula is C13H16N2O2S. The van der Waals surface area contributed by atoms with Crippen LogP contribution in [0.4, 0.5) is 5.69 Å². The molecule has 0 aliphatic heterocycles. The van der Waals surface area contributed by atoms with Crippen LogP contribution in [-0.2, 0) is 6.54 Å². The Morgan fingerprint density at radius 3 is 2.89 bits per heavy atom. The van der Waals surface area contributed by atoms with Crippen molar-refractivity contribution in [3.05, 3.63) is 34.8 Å². The monoisotopic (exact) mass is 264 g/mol. The molecule has 4 nitrogen and oxygen atoms in total. The maximum atomic E-state index is 5.53. The third-order valence-corrected chi connectivity index (χ3v) is 3.06. The number of aromatic nitrogens is 1. The van der Waals surface area contributed by atoms with Crippen LogP contribution >= 0.6 is 11.3 Å². The van der Waals surface area contributed by atoms with Gasteiger partial charge in [0.05, 0.1) is 31.5 Å². The smallest absolute Gasteiger partial charge is 0.163 e. The van der Waals surface area contributed by atoms with E-state index in [1.54, 1.807) is 18.4 Å². The topological polar surface area (TPSA) is 43.4 Å². The number of anilines is 1. The number of rotatable bonds is 6. The highest BCUT2D eigenvalue weighted by molar-refractivity contribution is 7.07. The minimum atomic E-state index is 0.617. The lowest BCUT2D eigenvalue weighted by Gasteiger charge is -2.11. The fourth-order valence-corrected chi connectivity index (χ4v) is 2.13. The summed E-state index contributed by atoms with van der Waals surface area (Å²) in [5.41, 5.74) is 3.86. The first-order valence-electron chi connectivity index (χ1n) is 5.75. The van der Waals surface area contributed by atoms with Gasteiger partial charge in [-0.15, -0.1) is 11.3 Å². The Balaban J connectivity index is 2.06. The van der Waals surface area contributed by atoms with Crippen molar-refractivity contribution < 1.29 is 9.47 Å². The van der Waals surface area contributed by atoms with Crippen LogP contribution in [0.2, 0.25) is 0 Å². The molecule has 0 atom stereocenters. The molecular weight excluding hydrogens is 248 g/mol. The number of ether oxygens (including phenoxy) is 2. The Kier molecular flexibility index (Phi) is 4.41. The standard InChI is InChI=1S/C13H16N2O2S/c1-3-17-13-6-10(4-5-12(13)16-2)14-7-11-8-18-9-15-11/h4-6,8-9,14H,3,7H2,1-2H3. The van der Waals surface area contributed by atoms with Gasteiger partial charge in [-0.3, -0.25) is 0 Å². The van der Waals surface area contributed by atoms with Crippen LogP contribution in [0.1, 0.15) is 12.6 Å². The van der Waals surface area contributed by atoms with Crippen molar-refractivity contribution in [1.29, 1.82) is 0 Å². The number of nitrogens with one attached hydrogen (secondary N) is 1. The van der Waals surface area contributed by atoms with Crippen LogP contribution in [0.15, 0.2) is 29.1 Å². The third-order valence-electron chi connectivity index (χ3n) is 2.42. The van der Waals surface area contributed by atoms with Gasteiger partial charge in [-0.1, -0.05) is 0 Å². The van der Waals surface area contributed by atoms with Gasteiger partial charge >= 0.3 is 0 Å². The Bertz CT molecular complexity index is 486. The molecule has 0 bridgehead atoms. The molecule has 0 saturated heterocycles. The zero-order valence-corrected chi connectivity index (χ0v) is 11.3. The number of benzene rings is 1. The van der Waals surface area contributed by atoms with E-state index in [0.29, 0.717) is 13.2 Å². The summed E-state index contributed by atoms with van der Waals surface area (Å²) in [6.45, 7) is 3.28. The predicted octanol–water partition coefficient (Wildman–Crippen LogP) is 3.16. The van der Waals surface area contributed by atoms with Gasteiger partial charge < -0.3 is 14.8 Å². The van der Waals surface area contributed by atoms with Gasteiger partial charge in [-0.2, -0.15) is 0 Å². The highest BCUT2D eigenvalue weighted by Gasteiger charge is 2.05. The maximum Gasteiger partial charge on any atom is 0.163 e. The fourth-order valence-electron chi connectivity index (χ4n) is 1.57. The van der Waals surface area contributed by atoms with Crippen molar-refractivity contribution in [3.63, 3.8) is 0 Å². The number of thiazole rings is 1. The molecule has 2 rings (SSSR count). The van der Waals surface area contributed by atoms with Crippen molar-refractivity contribution >= 4 is 17.0 Å². The summed E-state index contributed by atoms with van der Waals surface area (Å²) >= 11 is 1.60. The summed E-state index contributed by atoms with van der Waals surface area (Å²) in [4.78, 5) is 4.22. The average molecular weight is 264 g/mol. The SMILES string of the molecule is CCOc1cc(NCc2cscn2)ccc1OC. The maximum absolute atomic E-state index is 5.53. The molecule has 0 fully saturated rings. The summed E-state index contributed by atoms with van der Waals surface area (Å²) < 4.78 is 10.8. The molecule has 1 N–H and O–H groups in total. The van der Waals surface area contributed by atoms with Crippen molar-refractivity contribution in [2.75, 3.05) is 19.0 Å². The molecule has 0 spiro atoms. The number of nitrogens with zero attached hydrogens (tertiary/aromatic N) is 1. The van der Waals surface area contributed by atoms with E-state index in [1.807, 2.05) is 36.0 Å². The Morgan fingerprint density at radius 2 is 2.22 bits per heavy atom. The molecule has 18 heavy (non-hydrogen) atoms. The van der Waals surface area contributed by atoms with Gasteiger partial charge in [-0.25, -0.2) is 4.98 Å². The molecule has 1 aromatic heterocycles. The highest BCUT2D eigenvalue weighted by atomic mass is 32.1. The molecule has 0 radical (unpaired) electrons. The first kappa shape index (κ1) is 12.7. The van der Waals surface area contributed by atoms with Crippen LogP contribution in [-0.4, -0.2) is 18.7 Å². The molecule has 0 aliphatic rings. The third kappa shape index (κ3) is 3.13. The van der Waals surface area contributed by atoms with Crippen molar-refractivity contribution in [1.82, 2.24) is 4.98 Å². The normalized spacial score (nSPS) is 10.1. The van der Waals surface area contributed by atoms with E-state index in [4.69, 9.17) is 9.47 Å². The lowest BCUT2D eigenvalue weighted by atomic mass is 10.2. The molecule has 96 valence electrons. The lowest BCUT2D eigenvalue weighted by molar-refractivity contribution is 0.311. The van der Waals surface area contributed by atoms with Crippen LogP contribution in [0.25, 0.3) is 0 Å². The summed E-state index contributed by atoms with van der Waals surface area (Å²) in [7, 11) is 1.64. The van der Waals surface area contributed by atoms with E-state index in [9.17, 15) is 0 Å². The minimum absolute atomic E-state index is 0.617. The van der Waals surface area contributed by atoms with E-state index < -0.39 is 0 Å². The zero-order chi connectivity index (χ0) is 12.8. The predicted molar refractivity (Wildman–Crippen MR) is 73.6 cm³/mol. The van der Waals surface area contributed by atoms with Crippen LogP contribution in [0.5, 0.6) is 11.5 Å². The molecule has 0 saturated carbocycles. The van der Waals surface area contributed by atoms with Crippen molar-refractivity contribution in [2.24, 2.45) is 0 Å². The van der Waals surface area contributed by atoms with Gasteiger partial charge in [0.1, 0.15) is 0 Å². The zero-order valence-electron chi connectivity index (χ0n) is 10.5. The summed E-state index contributed by atoms with van der Waals surface area (Å²) in [5, 5.41) is 5.33. The summed E-state index contributed by atoms with van der Waals surface area (Å²) in [6.07, 6.45) is 0. The van der Waals surface area contributed by atoms with Gasteiger partial charge in [0.15, 0.2) is 11.5 Å². The molecule has 0 amide bonds. The van der Waals surface area contributed by atoms with E-state index in [2.05, 4.69) is 10.3 Å². The highest BCUT2D eigenvalue weighted by Crippen LogP contribution is 2.30. The molecule has 2 aromatic rings. The molecule has 0 aliphatic carbocycles. The van der Waals surface area contributed by atoms with Crippen molar-refractivity contribution in [2.45, 2.75) is 13.5 Å². The van der Waals surface area contributed by atoms with E-state index in [-0.39, 0.29) is 0 Å². The van der Waals surface area contributed by atoms with Crippen LogP contribution < -0.4 is 14.8 Å². The minimum Gasteiger partial charge on any atom is -0.493 e.